The van der Waals surface area contributed by atoms with Gasteiger partial charge in [-0.25, -0.2) is 4.79 Å². The lowest BCUT2D eigenvalue weighted by molar-refractivity contribution is -0.144. The van der Waals surface area contributed by atoms with Gasteiger partial charge >= 0.3 is 11.9 Å². The van der Waals surface area contributed by atoms with E-state index in [2.05, 4.69) is 16.0 Å². The van der Waals surface area contributed by atoms with Crippen molar-refractivity contribution in [3.05, 3.63) is 59.7 Å². The second-order valence-electron chi connectivity index (χ2n) is 9.47. The van der Waals surface area contributed by atoms with Gasteiger partial charge in [-0.1, -0.05) is 24.3 Å². The van der Waals surface area contributed by atoms with Gasteiger partial charge in [0, 0.05) is 12.8 Å². The molecule has 0 saturated carbocycles. The number of carboxylic acid groups (broad SMARTS) is 2. The van der Waals surface area contributed by atoms with Gasteiger partial charge in [0.2, 0.25) is 17.7 Å². The first-order chi connectivity index (χ1) is 19.3. The fraction of sp³-hybridized carbons (Fsp3) is 0.370. The minimum Gasteiger partial charge on any atom is -0.508 e. The fourth-order valence-corrected chi connectivity index (χ4v) is 3.78. The minimum absolute atomic E-state index is 0.0311. The molecule has 14 nitrogen and oxygen atoms in total. The molecule has 10 N–H and O–H groups in total. The van der Waals surface area contributed by atoms with E-state index in [1.54, 1.807) is 12.1 Å². The summed E-state index contributed by atoms with van der Waals surface area (Å²) in [6, 6.07) is 6.12. The Balaban J connectivity index is 2.21. The zero-order valence-corrected chi connectivity index (χ0v) is 22.2. The standard InChI is InChI=1S/C27H34N4O10/c1-14(32)23(26(39)29-20(27(40)41)10-11-22(35)36)31-25(38)21(13-16-4-8-18(34)9-5-16)30-24(37)19(28)12-15-2-6-17(33)7-3-15/h2-9,14,19-21,23,32-34H,10-13,28H2,1H3,(H,29,39)(H,30,37)(H,31,38)(H,35,36)(H,40,41). The summed E-state index contributed by atoms with van der Waals surface area (Å²) in [6.07, 6.45) is -2.52. The van der Waals surface area contributed by atoms with Crippen LogP contribution in [0.3, 0.4) is 0 Å². The van der Waals surface area contributed by atoms with Gasteiger partial charge in [0.05, 0.1) is 12.1 Å². The molecule has 0 saturated heterocycles. The maximum absolute atomic E-state index is 13.3. The summed E-state index contributed by atoms with van der Waals surface area (Å²) in [6.45, 7) is 1.18. The topological polar surface area (TPSA) is 249 Å². The predicted molar refractivity (Wildman–Crippen MR) is 144 cm³/mol. The highest BCUT2D eigenvalue weighted by atomic mass is 16.4. The maximum Gasteiger partial charge on any atom is 0.326 e. The number of nitrogens with one attached hydrogen (secondary N) is 3. The number of aromatic hydroxyl groups is 2. The van der Waals surface area contributed by atoms with Crippen LogP contribution in [-0.2, 0) is 36.8 Å². The van der Waals surface area contributed by atoms with Gasteiger partial charge in [-0.15, -0.1) is 0 Å². The highest BCUT2D eigenvalue weighted by Crippen LogP contribution is 2.13. The monoisotopic (exact) mass is 574 g/mol. The average molecular weight is 575 g/mol. The Bertz CT molecular complexity index is 1220. The van der Waals surface area contributed by atoms with E-state index < -0.39 is 72.8 Å². The Labute approximate surface area is 235 Å². The Morgan fingerprint density at radius 1 is 0.732 bits per heavy atom. The number of aliphatic hydroxyl groups is 1. The van der Waals surface area contributed by atoms with Crippen LogP contribution in [0.4, 0.5) is 0 Å². The third-order valence-corrected chi connectivity index (χ3v) is 6.06. The van der Waals surface area contributed by atoms with Gasteiger partial charge in [-0.2, -0.15) is 0 Å². The molecule has 222 valence electrons. The Morgan fingerprint density at radius 3 is 1.68 bits per heavy atom. The maximum atomic E-state index is 13.3. The number of amides is 3. The first-order valence-electron chi connectivity index (χ1n) is 12.6. The van der Waals surface area contributed by atoms with E-state index in [4.69, 9.17) is 10.8 Å². The summed E-state index contributed by atoms with van der Waals surface area (Å²) in [5.74, 6) is -5.47. The average Bonchev–Trinajstić information content (AvgIpc) is 2.90. The van der Waals surface area contributed by atoms with E-state index in [9.17, 15) is 44.4 Å². The largest absolute Gasteiger partial charge is 0.508 e. The number of carboxylic acids is 2. The van der Waals surface area contributed by atoms with Crippen LogP contribution in [0.25, 0.3) is 0 Å². The number of rotatable bonds is 15. The zero-order chi connectivity index (χ0) is 30.7. The van der Waals surface area contributed by atoms with Crippen molar-refractivity contribution in [2.24, 2.45) is 5.73 Å². The first kappa shape index (κ1) is 32.5. The van der Waals surface area contributed by atoms with Gasteiger partial charge in [0.1, 0.15) is 29.6 Å². The number of carbonyl (C=O) groups is 5. The number of aliphatic carboxylic acids is 2. The molecule has 2 aromatic rings. The van der Waals surface area contributed by atoms with Crippen LogP contribution in [-0.4, -0.2) is 85.5 Å². The Hall–Kier alpha value is -4.69. The van der Waals surface area contributed by atoms with Crippen molar-refractivity contribution < 1.29 is 49.5 Å². The molecule has 14 heteroatoms. The number of carbonyl (C=O) groups excluding carboxylic acids is 3. The van der Waals surface area contributed by atoms with Crippen molar-refractivity contribution >= 4 is 29.7 Å². The van der Waals surface area contributed by atoms with Crippen LogP contribution in [0.1, 0.15) is 30.9 Å². The summed E-state index contributed by atoms with van der Waals surface area (Å²) in [7, 11) is 0. The van der Waals surface area contributed by atoms with Crippen LogP contribution in [0.5, 0.6) is 11.5 Å². The third-order valence-electron chi connectivity index (χ3n) is 6.06. The summed E-state index contributed by atoms with van der Waals surface area (Å²) in [5, 5.41) is 54.3. The molecule has 0 radical (unpaired) electrons. The molecule has 5 unspecified atom stereocenters. The number of nitrogens with two attached hydrogens (primary N) is 1. The molecule has 2 rings (SSSR count). The molecule has 3 amide bonds. The van der Waals surface area contributed by atoms with E-state index in [0.29, 0.717) is 11.1 Å². The highest BCUT2D eigenvalue weighted by Gasteiger charge is 2.33. The normalized spacial score (nSPS) is 14.5. The lowest BCUT2D eigenvalue weighted by Crippen LogP contribution is -2.60. The van der Waals surface area contributed by atoms with E-state index in [1.807, 2.05) is 0 Å². The van der Waals surface area contributed by atoms with Crippen molar-refractivity contribution in [2.45, 2.75) is 62.9 Å². The van der Waals surface area contributed by atoms with Crippen molar-refractivity contribution in [2.75, 3.05) is 0 Å². The molecule has 0 spiro atoms. The van der Waals surface area contributed by atoms with Gasteiger partial charge in [0.25, 0.3) is 0 Å². The van der Waals surface area contributed by atoms with Gasteiger partial charge < -0.3 is 47.2 Å². The number of benzene rings is 2. The molecule has 5 atom stereocenters. The number of hydrogen-bond acceptors (Lipinski definition) is 9. The molecule has 0 aliphatic rings. The van der Waals surface area contributed by atoms with Crippen LogP contribution >= 0.6 is 0 Å². The summed E-state index contributed by atoms with van der Waals surface area (Å²) in [4.78, 5) is 61.3. The zero-order valence-electron chi connectivity index (χ0n) is 22.2. The van der Waals surface area contributed by atoms with Crippen LogP contribution in [0.2, 0.25) is 0 Å². The van der Waals surface area contributed by atoms with Crippen LogP contribution in [0, 0.1) is 0 Å². The molecule has 0 fully saturated rings. The second kappa shape index (κ2) is 15.2. The molecule has 2 aromatic carbocycles. The SMILES string of the molecule is CC(O)C(NC(=O)C(Cc1ccc(O)cc1)NC(=O)C(N)Cc1ccc(O)cc1)C(=O)NC(CCC(=O)O)C(=O)O. The predicted octanol–water partition coefficient (Wildman–Crippen LogP) is -1.01. The summed E-state index contributed by atoms with van der Waals surface area (Å²) < 4.78 is 0. The molecular formula is C27H34N4O10. The fourth-order valence-electron chi connectivity index (χ4n) is 3.78. The van der Waals surface area contributed by atoms with Crippen LogP contribution < -0.4 is 21.7 Å². The minimum atomic E-state index is -1.65. The van der Waals surface area contributed by atoms with Crippen molar-refractivity contribution in [3.8, 4) is 11.5 Å². The van der Waals surface area contributed by atoms with E-state index >= 15 is 0 Å². The second-order valence-corrected chi connectivity index (χ2v) is 9.47. The van der Waals surface area contributed by atoms with Crippen molar-refractivity contribution in [1.82, 2.24) is 16.0 Å². The third kappa shape index (κ3) is 10.8. The lowest BCUT2D eigenvalue weighted by Gasteiger charge is -2.26. The summed E-state index contributed by atoms with van der Waals surface area (Å²) >= 11 is 0. The Morgan fingerprint density at radius 2 is 1.22 bits per heavy atom. The molecule has 0 bridgehead atoms. The molecular weight excluding hydrogens is 540 g/mol. The molecule has 0 heterocycles. The number of phenols is 2. The number of phenolic OH excluding ortho intramolecular Hbond substituents is 2. The summed E-state index contributed by atoms with van der Waals surface area (Å²) in [5.41, 5.74) is 7.21. The smallest absolute Gasteiger partial charge is 0.326 e. The van der Waals surface area contributed by atoms with Gasteiger partial charge in [0.15, 0.2) is 0 Å². The van der Waals surface area contributed by atoms with E-state index in [0.717, 1.165) is 0 Å². The number of hydrogen-bond donors (Lipinski definition) is 9. The van der Waals surface area contributed by atoms with Crippen molar-refractivity contribution in [3.63, 3.8) is 0 Å². The number of aliphatic hydroxyl groups excluding tert-OH is 1. The Kier molecular flexibility index (Phi) is 12.0. The quantitative estimate of drug-likeness (QED) is 0.125. The van der Waals surface area contributed by atoms with Gasteiger partial charge in [-0.3, -0.25) is 19.2 Å². The van der Waals surface area contributed by atoms with E-state index in [1.165, 1.54) is 43.3 Å². The van der Waals surface area contributed by atoms with Crippen LogP contribution in [0.15, 0.2) is 48.5 Å². The van der Waals surface area contributed by atoms with Gasteiger partial charge in [-0.05, 0) is 55.2 Å². The molecule has 0 aromatic heterocycles. The van der Waals surface area contributed by atoms with E-state index in [-0.39, 0.29) is 24.3 Å². The molecule has 0 aliphatic carbocycles. The first-order valence-corrected chi connectivity index (χ1v) is 12.6. The lowest BCUT2D eigenvalue weighted by atomic mass is 10.0. The molecule has 0 aliphatic heterocycles. The van der Waals surface area contributed by atoms with Crippen molar-refractivity contribution in [1.29, 1.82) is 0 Å². The molecule has 41 heavy (non-hydrogen) atoms. The highest BCUT2D eigenvalue weighted by molar-refractivity contribution is 5.94.